The molecule has 0 bridgehead atoms. The molecule has 2 amide bonds. The second kappa shape index (κ2) is 6.96. The Hall–Kier alpha value is -2.99. The minimum Gasteiger partial charge on any atom is -0.454 e. The molecule has 2 aliphatic rings. The molecule has 2 aliphatic heterocycles. The van der Waals surface area contributed by atoms with Crippen LogP contribution in [0.1, 0.15) is 30.5 Å². The van der Waals surface area contributed by atoms with E-state index in [0.29, 0.717) is 22.2 Å². The topological polar surface area (TPSA) is 67.9 Å². The molecule has 0 saturated heterocycles. The van der Waals surface area contributed by atoms with Gasteiger partial charge in [-0.05, 0) is 17.2 Å². The number of hydrogen-bond acceptors (Lipinski definition) is 4. The van der Waals surface area contributed by atoms with E-state index < -0.39 is 0 Å². The SMILES string of the molecule is CC(=O)N1C=Cc2ccccc2C1CC(=O)Nc1cc2c(cc1Cl)OCO2. The Balaban J connectivity index is 1.56. The Morgan fingerprint density at radius 3 is 2.74 bits per heavy atom. The van der Waals surface area contributed by atoms with Crippen LogP contribution >= 0.6 is 11.6 Å². The number of benzene rings is 2. The maximum absolute atomic E-state index is 12.7. The number of nitrogens with one attached hydrogen (secondary N) is 1. The lowest BCUT2D eigenvalue weighted by Crippen LogP contribution is -2.33. The third-order valence-corrected chi connectivity index (χ3v) is 4.90. The van der Waals surface area contributed by atoms with Crippen LogP contribution in [0.2, 0.25) is 5.02 Å². The van der Waals surface area contributed by atoms with Crippen LogP contribution in [-0.2, 0) is 9.59 Å². The average molecular weight is 385 g/mol. The van der Waals surface area contributed by atoms with Crippen molar-refractivity contribution in [1.82, 2.24) is 4.90 Å². The molecule has 2 aromatic rings. The smallest absolute Gasteiger partial charge is 0.231 e. The molecule has 1 unspecified atom stereocenters. The van der Waals surface area contributed by atoms with Gasteiger partial charge in [-0.1, -0.05) is 35.9 Å². The Labute approximate surface area is 161 Å². The highest BCUT2D eigenvalue weighted by Gasteiger charge is 2.28. The molecule has 27 heavy (non-hydrogen) atoms. The zero-order valence-corrected chi connectivity index (χ0v) is 15.3. The number of anilines is 1. The summed E-state index contributed by atoms with van der Waals surface area (Å²) < 4.78 is 10.6. The number of halogens is 1. The van der Waals surface area contributed by atoms with Gasteiger partial charge >= 0.3 is 0 Å². The molecule has 2 aromatic carbocycles. The fourth-order valence-corrected chi connectivity index (χ4v) is 3.50. The highest BCUT2D eigenvalue weighted by molar-refractivity contribution is 6.34. The second-order valence-corrected chi connectivity index (χ2v) is 6.73. The molecule has 6 nitrogen and oxygen atoms in total. The molecule has 0 fully saturated rings. The van der Waals surface area contributed by atoms with Crippen LogP contribution in [0, 0.1) is 0 Å². The number of hydrogen-bond donors (Lipinski definition) is 1. The third-order valence-electron chi connectivity index (χ3n) is 4.58. The van der Waals surface area contributed by atoms with E-state index in [1.54, 1.807) is 23.2 Å². The monoisotopic (exact) mass is 384 g/mol. The van der Waals surface area contributed by atoms with Gasteiger partial charge in [0.15, 0.2) is 11.5 Å². The molecular weight excluding hydrogens is 368 g/mol. The van der Waals surface area contributed by atoms with E-state index in [2.05, 4.69) is 5.32 Å². The number of nitrogens with zero attached hydrogens (tertiary/aromatic N) is 1. The van der Waals surface area contributed by atoms with Crippen molar-refractivity contribution in [3.8, 4) is 11.5 Å². The van der Waals surface area contributed by atoms with Crippen LogP contribution in [0.3, 0.4) is 0 Å². The van der Waals surface area contributed by atoms with Crippen molar-refractivity contribution in [2.75, 3.05) is 12.1 Å². The summed E-state index contributed by atoms with van der Waals surface area (Å²) in [5, 5.41) is 3.17. The van der Waals surface area contributed by atoms with E-state index in [1.807, 2.05) is 30.3 Å². The van der Waals surface area contributed by atoms with Gasteiger partial charge in [0, 0.05) is 25.3 Å². The zero-order valence-electron chi connectivity index (χ0n) is 14.6. The summed E-state index contributed by atoms with van der Waals surface area (Å²) in [7, 11) is 0. The first-order chi connectivity index (χ1) is 13.0. The molecule has 1 N–H and O–H groups in total. The summed E-state index contributed by atoms with van der Waals surface area (Å²) in [6.45, 7) is 1.61. The zero-order chi connectivity index (χ0) is 19.0. The highest BCUT2D eigenvalue weighted by atomic mass is 35.5. The van der Waals surface area contributed by atoms with Crippen LogP contribution in [0.25, 0.3) is 6.08 Å². The van der Waals surface area contributed by atoms with Crippen LogP contribution < -0.4 is 14.8 Å². The molecule has 0 aromatic heterocycles. The summed E-state index contributed by atoms with van der Waals surface area (Å²) >= 11 is 6.23. The van der Waals surface area contributed by atoms with Crippen molar-refractivity contribution >= 4 is 35.2 Å². The number of carbonyl (C=O) groups excluding carboxylic acids is 2. The molecule has 2 heterocycles. The summed E-state index contributed by atoms with van der Waals surface area (Å²) in [5.41, 5.74) is 2.37. The predicted molar refractivity (Wildman–Crippen MR) is 102 cm³/mol. The van der Waals surface area contributed by atoms with E-state index in [-0.39, 0.29) is 31.1 Å². The first-order valence-electron chi connectivity index (χ1n) is 8.48. The molecule has 0 radical (unpaired) electrons. The molecule has 0 spiro atoms. The van der Waals surface area contributed by atoms with E-state index in [4.69, 9.17) is 21.1 Å². The van der Waals surface area contributed by atoms with Gasteiger partial charge in [0.05, 0.1) is 23.2 Å². The first-order valence-corrected chi connectivity index (χ1v) is 8.86. The van der Waals surface area contributed by atoms with Crippen LogP contribution in [0.4, 0.5) is 5.69 Å². The molecule has 7 heteroatoms. The van der Waals surface area contributed by atoms with E-state index in [0.717, 1.165) is 11.1 Å². The molecule has 0 aliphatic carbocycles. The van der Waals surface area contributed by atoms with Crippen molar-refractivity contribution in [3.05, 3.63) is 58.7 Å². The van der Waals surface area contributed by atoms with Gasteiger partial charge in [-0.15, -0.1) is 0 Å². The van der Waals surface area contributed by atoms with Gasteiger partial charge in [-0.2, -0.15) is 0 Å². The lowest BCUT2D eigenvalue weighted by molar-refractivity contribution is -0.129. The van der Waals surface area contributed by atoms with Crippen molar-refractivity contribution in [2.24, 2.45) is 0 Å². The van der Waals surface area contributed by atoms with Gasteiger partial charge in [0.2, 0.25) is 18.6 Å². The van der Waals surface area contributed by atoms with E-state index in [9.17, 15) is 9.59 Å². The normalized spacial score (nSPS) is 16.8. The standard InChI is InChI=1S/C20H17ClN2O4/c1-12(24)23-7-6-13-4-2-3-5-14(13)17(23)10-20(25)22-16-9-19-18(8-15(16)21)26-11-27-19/h2-9,17H,10-11H2,1H3,(H,22,25). The fraction of sp³-hybridized carbons (Fsp3) is 0.200. The number of ether oxygens (including phenoxy) is 2. The predicted octanol–water partition coefficient (Wildman–Crippen LogP) is 3.97. The maximum atomic E-state index is 12.7. The van der Waals surface area contributed by atoms with Crippen molar-refractivity contribution in [3.63, 3.8) is 0 Å². The quantitative estimate of drug-likeness (QED) is 0.869. The van der Waals surface area contributed by atoms with Gasteiger partial charge in [-0.3, -0.25) is 9.59 Å². The van der Waals surface area contributed by atoms with Crippen molar-refractivity contribution in [2.45, 2.75) is 19.4 Å². The van der Waals surface area contributed by atoms with Gasteiger partial charge in [-0.25, -0.2) is 0 Å². The Bertz CT molecular complexity index is 957. The largest absolute Gasteiger partial charge is 0.454 e. The molecule has 0 saturated carbocycles. The van der Waals surface area contributed by atoms with Crippen LogP contribution in [-0.4, -0.2) is 23.5 Å². The minimum atomic E-state index is -0.378. The maximum Gasteiger partial charge on any atom is 0.231 e. The number of rotatable bonds is 3. The number of fused-ring (bicyclic) bond motifs is 2. The second-order valence-electron chi connectivity index (χ2n) is 6.32. The highest BCUT2D eigenvalue weighted by Crippen LogP contribution is 2.39. The van der Waals surface area contributed by atoms with Crippen LogP contribution in [0.15, 0.2) is 42.6 Å². The van der Waals surface area contributed by atoms with Gasteiger partial charge in [0.1, 0.15) is 0 Å². The number of amides is 2. The average Bonchev–Trinajstić information content (AvgIpc) is 3.09. The Kier molecular flexibility index (Phi) is 4.49. The lowest BCUT2D eigenvalue weighted by Gasteiger charge is -2.32. The molecule has 4 rings (SSSR count). The first kappa shape index (κ1) is 17.4. The summed E-state index contributed by atoms with van der Waals surface area (Å²) in [5.74, 6) is 0.704. The molecule has 138 valence electrons. The lowest BCUT2D eigenvalue weighted by atomic mass is 9.93. The molecular formula is C20H17ClN2O4. The van der Waals surface area contributed by atoms with E-state index in [1.165, 1.54) is 6.92 Å². The van der Waals surface area contributed by atoms with E-state index >= 15 is 0 Å². The van der Waals surface area contributed by atoms with Gasteiger partial charge < -0.3 is 19.7 Å². The third kappa shape index (κ3) is 3.36. The minimum absolute atomic E-state index is 0.103. The van der Waals surface area contributed by atoms with Gasteiger partial charge in [0.25, 0.3) is 0 Å². The fourth-order valence-electron chi connectivity index (χ4n) is 3.30. The Morgan fingerprint density at radius 2 is 1.96 bits per heavy atom. The van der Waals surface area contributed by atoms with Crippen LogP contribution in [0.5, 0.6) is 11.5 Å². The van der Waals surface area contributed by atoms with Crippen molar-refractivity contribution in [1.29, 1.82) is 0 Å². The summed E-state index contributed by atoms with van der Waals surface area (Å²) in [4.78, 5) is 26.3. The Morgan fingerprint density at radius 1 is 1.22 bits per heavy atom. The summed E-state index contributed by atoms with van der Waals surface area (Å²) in [6.07, 6.45) is 3.70. The summed E-state index contributed by atoms with van der Waals surface area (Å²) in [6, 6.07) is 10.6. The molecule has 1 atom stereocenters. The number of carbonyl (C=O) groups is 2. The van der Waals surface area contributed by atoms with Crippen molar-refractivity contribution < 1.29 is 19.1 Å².